The summed E-state index contributed by atoms with van der Waals surface area (Å²) >= 11 is 4.07. The van der Waals surface area contributed by atoms with Gasteiger partial charge in [0.15, 0.2) is 11.9 Å². The van der Waals surface area contributed by atoms with Gasteiger partial charge in [-0.2, -0.15) is 4.73 Å². The molecule has 22 heavy (non-hydrogen) atoms. The average Bonchev–Trinajstić information content (AvgIpc) is 2.50. The molecule has 0 radical (unpaired) electrons. The molecule has 0 amide bonds. The molecule has 1 aromatic heterocycles. The van der Waals surface area contributed by atoms with E-state index in [2.05, 4.69) is 54.8 Å². The Kier molecular flexibility index (Phi) is 5.97. The van der Waals surface area contributed by atoms with Gasteiger partial charge >= 0.3 is 0 Å². The van der Waals surface area contributed by atoms with Crippen LogP contribution in [0.15, 0.2) is 53.6 Å². The summed E-state index contributed by atoms with van der Waals surface area (Å²) in [4.78, 5) is 1.22. The molecule has 3 nitrogen and oxygen atoms in total. The van der Waals surface area contributed by atoms with Crippen LogP contribution in [-0.2, 0) is 6.42 Å². The second-order valence-corrected chi connectivity index (χ2v) is 7.95. The zero-order valence-electron chi connectivity index (χ0n) is 13.0. The Bertz CT molecular complexity index is 616. The van der Waals surface area contributed by atoms with E-state index < -0.39 is 0 Å². The van der Waals surface area contributed by atoms with Crippen LogP contribution < -0.4 is 9.47 Å². The van der Waals surface area contributed by atoms with Gasteiger partial charge in [0.25, 0.3) is 0 Å². The van der Waals surface area contributed by atoms with Crippen molar-refractivity contribution < 1.29 is 9.47 Å². The molecule has 0 bridgehead atoms. The monoisotopic (exact) mass is 429 g/mol. The lowest BCUT2D eigenvalue weighted by molar-refractivity contribution is -0.614. The molecule has 0 spiro atoms. The molecule has 0 aliphatic carbocycles. The minimum atomic E-state index is -0.371. The van der Waals surface area contributed by atoms with Crippen molar-refractivity contribution in [2.75, 3.05) is 6.26 Å². The second-order valence-electron chi connectivity index (χ2n) is 5.57. The summed E-state index contributed by atoms with van der Waals surface area (Å²) in [7, 11) is 0. The van der Waals surface area contributed by atoms with E-state index in [0.717, 1.165) is 16.2 Å². The first kappa shape index (κ1) is 17.4. The minimum absolute atomic E-state index is 0.174. The highest BCUT2D eigenvalue weighted by Gasteiger charge is 2.31. The highest BCUT2D eigenvalue weighted by atomic mass is 127. The fraction of sp³-hybridized carbons (Fsp3) is 0.353. The van der Waals surface area contributed by atoms with E-state index in [1.54, 1.807) is 17.8 Å². The number of pyridine rings is 1. The lowest BCUT2D eigenvalue weighted by Gasteiger charge is -2.31. The third-order valence-electron chi connectivity index (χ3n) is 3.49. The Morgan fingerprint density at radius 3 is 2.50 bits per heavy atom. The first-order chi connectivity index (χ1) is 10.4. The number of nitrogens with zero attached hydrogens (tertiary/aromatic N) is 1. The van der Waals surface area contributed by atoms with Crippen molar-refractivity contribution in [2.45, 2.75) is 34.7 Å². The molecule has 0 saturated carbocycles. The maximum absolute atomic E-state index is 11.8. The number of thioether (sulfide) groups is 1. The molecule has 1 atom stereocenters. The van der Waals surface area contributed by atoms with Gasteiger partial charge < -0.3 is 9.94 Å². The number of ether oxygens (including phenoxy) is 1. The van der Waals surface area contributed by atoms with E-state index in [9.17, 15) is 5.21 Å². The summed E-state index contributed by atoms with van der Waals surface area (Å²) in [5.41, 5.74) is 0.390. The van der Waals surface area contributed by atoms with Crippen LogP contribution in [0.25, 0.3) is 0 Å². The van der Waals surface area contributed by atoms with Gasteiger partial charge in [0, 0.05) is 23.4 Å². The van der Waals surface area contributed by atoms with Gasteiger partial charge in [0.1, 0.15) is 11.4 Å². The highest BCUT2D eigenvalue weighted by Crippen LogP contribution is 2.29. The maximum Gasteiger partial charge on any atom is 0.193 e. The van der Waals surface area contributed by atoms with Crippen molar-refractivity contribution in [1.82, 2.24) is 0 Å². The van der Waals surface area contributed by atoms with E-state index in [4.69, 9.17) is 4.74 Å². The molecule has 5 heteroatoms. The molecular formula is C17H20INO2S. The highest BCUT2D eigenvalue weighted by molar-refractivity contribution is 14.1. The quantitative estimate of drug-likeness (QED) is 0.227. The predicted molar refractivity (Wildman–Crippen MR) is 99.8 cm³/mol. The van der Waals surface area contributed by atoms with Crippen LogP contribution in [0.2, 0.25) is 0 Å². The van der Waals surface area contributed by atoms with Crippen LogP contribution in [0.4, 0.5) is 0 Å². The smallest absolute Gasteiger partial charge is 0.193 e. The Labute approximate surface area is 149 Å². The fourth-order valence-corrected chi connectivity index (χ4v) is 3.05. The van der Waals surface area contributed by atoms with Gasteiger partial charge in [0.05, 0.1) is 3.92 Å². The molecule has 0 N–H and O–H groups in total. The van der Waals surface area contributed by atoms with Crippen molar-refractivity contribution in [1.29, 1.82) is 0 Å². The van der Waals surface area contributed by atoms with Crippen LogP contribution in [-0.4, -0.2) is 15.8 Å². The van der Waals surface area contributed by atoms with Gasteiger partial charge in [-0.05, 0) is 44.4 Å². The molecule has 0 fully saturated rings. The van der Waals surface area contributed by atoms with E-state index in [0.29, 0.717) is 6.42 Å². The average molecular weight is 429 g/mol. The Morgan fingerprint density at radius 2 is 1.91 bits per heavy atom. The number of benzene rings is 1. The summed E-state index contributed by atoms with van der Waals surface area (Å²) < 4.78 is 7.25. The van der Waals surface area contributed by atoms with Gasteiger partial charge in [-0.1, -0.05) is 28.7 Å². The number of hydrogen-bond acceptors (Lipinski definition) is 3. The van der Waals surface area contributed by atoms with Gasteiger partial charge in [-0.3, -0.25) is 0 Å². The van der Waals surface area contributed by atoms with Crippen molar-refractivity contribution in [3.63, 3.8) is 0 Å². The number of alkyl halides is 1. The zero-order chi connectivity index (χ0) is 16.2. The van der Waals surface area contributed by atoms with Gasteiger partial charge in [-0.15, -0.1) is 11.8 Å². The molecule has 0 saturated heterocycles. The standard InChI is InChI=1S/C17H20INO2S/c1-17(2,21-14-7-9-15(22-3)10-8-14)16(18)12-13-6-4-5-11-19(13)20/h4-11,16H,12H2,1-3H3. The topological polar surface area (TPSA) is 36.2 Å². The number of rotatable bonds is 6. The molecule has 118 valence electrons. The van der Waals surface area contributed by atoms with E-state index in [1.807, 2.05) is 24.3 Å². The summed E-state index contributed by atoms with van der Waals surface area (Å²) in [5, 5.41) is 11.8. The maximum atomic E-state index is 11.8. The Balaban J connectivity index is 2.06. The molecule has 0 aliphatic rings. The second kappa shape index (κ2) is 7.55. The number of hydrogen-bond donors (Lipinski definition) is 0. The summed E-state index contributed by atoms with van der Waals surface area (Å²) in [5.74, 6) is 0.854. The number of aromatic nitrogens is 1. The zero-order valence-corrected chi connectivity index (χ0v) is 15.9. The van der Waals surface area contributed by atoms with Crippen LogP contribution in [0.5, 0.6) is 5.75 Å². The lowest BCUT2D eigenvalue weighted by atomic mass is 10.0. The van der Waals surface area contributed by atoms with Crippen LogP contribution in [0, 0.1) is 5.21 Å². The molecule has 2 aromatic rings. The largest absolute Gasteiger partial charge is 0.619 e. The SMILES string of the molecule is CSc1ccc(OC(C)(C)C(I)Cc2cccc[n+]2[O-])cc1. The number of halogens is 1. The normalized spacial score (nSPS) is 12.9. The third kappa shape index (κ3) is 4.52. The van der Waals surface area contributed by atoms with Crippen LogP contribution >= 0.6 is 34.4 Å². The molecule has 0 aliphatic heterocycles. The summed E-state index contributed by atoms with van der Waals surface area (Å²) in [6.45, 7) is 4.12. The van der Waals surface area contributed by atoms with Crippen molar-refractivity contribution >= 4 is 34.4 Å². The van der Waals surface area contributed by atoms with Crippen molar-refractivity contribution in [3.8, 4) is 5.75 Å². The first-order valence-electron chi connectivity index (χ1n) is 7.06. The van der Waals surface area contributed by atoms with Crippen molar-refractivity contribution in [2.24, 2.45) is 0 Å². The molecule has 2 rings (SSSR count). The van der Waals surface area contributed by atoms with Crippen molar-refractivity contribution in [3.05, 3.63) is 59.6 Å². The van der Waals surface area contributed by atoms with Gasteiger partial charge in [-0.25, -0.2) is 0 Å². The van der Waals surface area contributed by atoms with E-state index in [-0.39, 0.29) is 9.53 Å². The van der Waals surface area contributed by atoms with Crippen LogP contribution in [0.1, 0.15) is 19.5 Å². The van der Waals surface area contributed by atoms with E-state index >= 15 is 0 Å². The molecule has 1 unspecified atom stereocenters. The Morgan fingerprint density at radius 1 is 1.23 bits per heavy atom. The predicted octanol–water partition coefficient (Wildman–Crippen LogP) is 4.25. The molecule has 1 heterocycles. The Hall–Kier alpha value is -0.950. The summed E-state index contributed by atoms with van der Waals surface area (Å²) in [6, 6.07) is 13.6. The third-order valence-corrected chi connectivity index (χ3v) is 6.17. The van der Waals surface area contributed by atoms with Gasteiger partial charge in [0.2, 0.25) is 0 Å². The first-order valence-corrected chi connectivity index (χ1v) is 9.53. The van der Waals surface area contributed by atoms with E-state index in [1.165, 1.54) is 11.1 Å². The van der Waals surface area contributed by atoms with Crippen LogP contribution in [0.3, 0.4) is 0 Å². The molecule has 1 aromatic carbocycles. The fourth-order valence-electron chi connectivity index (χ4n) is 2.06. The minimum Gasteiger partial charge on any atom is -0.619 e. The molecular weight excluding hydrogens is 409 g/mol. The lowest BCUT2D eigenvalue weighted by Crippen LogP contribution is -2.42. The summed E-state index contributed by atoms with van der Waals surface area (Å²) in [6.07, 6.45) is 4.26.